The number of rotatable bonds is 76. The molecule has 0 aromatic heterocycles. The second-order valence-electron chi connectivity index (χ2n) is 26.9. The van der Waals surface area contributed by atoms with E-state index in [2.05, 4.69) is 240 Å². The number of allylic oxidation sites excluding steroid dienone is 44. The monoisotopic (exact) mass is 1650 g/mol. The normalized spacial score (nSPS) is 15.1. The van der Waals surface area contributed by atoms with E-state index < -0.39 is 97.5 Å². The fourth-order valence-electron chi connectivity index (χ4n) is 9.87. The number of aliphatic hydroxyl groups is 1. The van der Waals surface area contributed by atoms with Gasteiger partial charge in [0.1, 0.15) is 19.3 Å². The van der Waals surface area contributed by atoms with E-state index >= 15 is 0 Å². The molecule has 0 aromatic carbocycles. The molecular formula is C97H146O17P2. The van der Waals surface area contributed by atoms with Crippen LogP contribution in [0.15, 0.2) is 267 Å². The van der Waals surface area contributed by atoms with E-state index in [0.717, 1.165) is 141 Å². The number of phosphoric acid groups is 2. The minimum Gasteiger partial charge on any atom is -0.462 e. The Morgan fingerprint density at radius 3 is 0.724 bits per heavy atom. The Labute approximate surface area is 700 Å². The SMILES string of the molecule is CC/C=C\C/C=C\C/C=C\C/C=C\C/C=C\C/C=C\CCC(=O)OC[C@H](COP(=O)(O)OC[C@@H](O)COP(=O)(O)OC[C@@H](COC(=O)CCCCC/C=C\C/C=C\C/C=C\C/C=C\C/C=C\CC)OC(=O)CC/C=C\C/C=C\C/C=C\C/C=C\C/C=C\C/C=C\CC)OC(=O)CC/C=C\C/C=C\C/C=C\C/C=C\C/C=C\CCCCC. The predicted octanol–water partition coefficient (Wildman–Crippen LogP) is 25.9. The molecule has 0 aliphatic rings. The largest absolute Gasteiger partial charge is 0.472 e. The van der Waals surface area contributed by atoms with Gasteiger partial charge in [0, 0.05) is 25.7 Å². The Balaban J connectivity index is 5.67. The zero-order valence-corrected chi connectivity index (χ0v) is 72.6. The molecule has 19 heteroatoms. The lowest BCUT2D eigenvalue weighted by atomic mass is 10.1. The average molecular weight is 1650 g/mol. The molecule has 0 saturated carbocycles. The van der Waals surface area contributed by atoms with Crippen molar-refractivity contribution in [3.05, 3.63) is 267 Å². The van der Waals surface area contributed by atoms with E-state index in [1.807, 2.05) is 54.7 Å². The molecule has 0 aliphatic heterocycles. The molecule has 116 heavy (non-hydrogen) atoms. The fraction of sp³-hybridized carbons (Fsp3) is 0.505. The average Bonchev–Trinajstić information content (AvgIpc) is 0.898. The van der Waals surface area contributed by atoms with Crippen LogP contribution in [0.5, 0.6) is 0 Å². The topological polar surface area (TPSA) is 237 Å². The zero-order valence-electron chi connectivity index (χ0n) is 70.8. The standard InChI is InChI=1S/C97H146O17P2/c1-5-9-13-17-21-25-29-33-37-41-45-49-53-57-61-65-69-73-77-81-94(99)107-87-92(113-96(101)83-79-75-71-67-63-59-55-51-47-43-39-35-31-27-23-19-15-11-7-3)89-111-115(103,104)109-85-91(98)86-110-116(105,106)112-90-93(114-97(102)84-80-76-72-68-64-60-56-52-48-44-40-36-32-28-24-20-16-12-8-4)88-108-95(100)82-78-74-70-66-62-58-54-50-46-42-38-34-30-26-22-18-14-10-6-2/h9-11,13-15,21-28,33-40,45-52,57-64,70-72,74-76,91-93,98H,5-8,12,16-20,29-32,41-44,53-56,65-69,73,77-90H2,1-4H3,(H,103,104)(H,105,106)/b13-9-,14-10-,15-11-,25-21-,26-22-,27-23-,28-24-,37-33-,38-34-,39-35-,40-36-,49-45-,50-46-,51-47-,52-48-,61-57-,62-58-,63-59-,64-60-,74-70-,75-71-,76-72-/t91-,92+,93+/m0/s1. The van der Waals surface area contributed by atoms with Crippen LogP contribution in [0.3, 0.4) is 0 Å². The predicted molar refractivity (Wildman–Crippen MR) is 481 cm³/mol. The molecule has 0 spiro atoms. The number of ether oxygens (including phenoxy) is 4. The summed E-state index contributed by atoms with van der Waals surface area (Å²) in [5, 5.41) is 10.7. The number of carbonyl (C=O) groups excluding carboxylic acids is 4. The first kappa shape index (κ1) is 108. The molecule has 0 rings (SSSR count). The summed E-state index contributed by atoms with van der Waals surface area (Å²) in [6.07, 6.45) is 115. The molecule has 0 aliphatic carbocycles. The van der Waals surface area contributed by atoms with Gasteiger partial charge in [-0.15, -0.1) is 0 Å². The first-order valence-corrected chi connectivity index (χ1v) is 45.6. The second-order valence-corrected chi connectivity index (χ2v) is 29.8. The van der Waals surface area contributed by atoms with Gasteiger partial charge in [0.15, 0.2) is 12.2 Å². The van der Waals surface area contributed by atoms with Gasteiger partial charge >= 0.3 is 39.5 Å². The van der Waals surface area contributed by atoms with Gasteiger partial charge in [-0.25, -0.2) is 9.13 Å². The van der Waals surface area contributed by atoms with Crippen molar-refractivity contribution in [2.45, 2.75) is 277 Å². The van der Waals surface area contributed by atoms with Crippen LogP contribution in [-0.2, 0) is 65.4 Å². The molecule has 0 radical (unpaired) electrons. The highest BCUT2D eigenvalue weighted by Gasteiger charge is 2.30. The Morgan fingerprint density at radius 1 is 0.250 bits per heavy atom. The molecule has 0 bridgehead atoms. The van der Waals surface area contributed by atoms with E-state index in [0.29, 0.717) is 44.9 Å². The van der Waals surface area contributed by atoms with E-state index in [4.69, 9.17) is 37.0 Å². The summed E-state index contributed by atoms with van der Waals surface area (Å²) in [6, 6.07) is 0. The number of hydrogen-bond acceptors (Lipinski definition) is 15. The fourth-order valence-corrected chi connectivity index (χ4v) is 11.4. The number of carbonyl (C=O) groups is 4. The van der Waals surface area contributed by atoms with Crippen LogP contribution in [0.4, 0.5) is 0 Å². The van der Waals surface area contributed by atoms with Crippen molar-refractivity contribution in [1.29, 1.82) is 0 Å². The minimum atomic E-state index is -5.05. The van der Waals surface area contributed by atoms with Gasteiger partial charge in [0.05, 0.1) is 26.4 Å². The molecule has 5 atom stereocenters. The van der Waals surface area contributed by atoms with Crippen LogP contribution in [0.25, 0.3) is 0 Å². The number of unbranched alkanes of at least 4 members (excludes halogenated alkanes) is 6. The molecule has 0 heterocycles. The Bertz CT molecular complexity index is 3260. The number of esters is 4. The van der Waals surface area contributed by atoms with Crippen molar-refractivity contribution >= 4 is 39.5 Å². The number of hydrogen-bond donors (Lipinski definition) is 3. The van der Waals surface area contributed by atoms with Crippen LogP contribution in [-0.4, -0.2) is 96.7 Å². The Hall–Kier alpha value is -7.66. The molecular weight excluding hydrogens is 1500 g/mol. The minimum absolute atomic E-state index is 0.00570. The lowest BCUT2D eigenvalue weighted by molar-refractivity contribution is -0.161. The maximum Gasteiger partial charge on any atom is 0.472 e. The van der Waals surface area contributed by atoms with E-state index in [1.165, 1.54) is 19.3 Å². The summed E-state index contributed by atoms with van der Waals surface area (Å²) in [5.41, 5.74) is 0. The molecule has 0 saturated heterocycles. The van der Waals surface area contributed by atoms with Gasteiger partial charge < -0.3 is 33.8 Å². The highest BCUT2D eigenvalue weighted by Crippen LogP contribution is 2.45. The van der Waals surface area contributed by atoms with Crippen molar-refractivity contribution in [3.63, 3.8) is 0 Å². The Kier molecular flexibility index (Phi) is 79.6. The summed E-state index contributed by atoms with van der Waals surface area (Å²) in [7, 11) is -10.1. The van der Waals surface area contributed by atoms with Crippen molar-refractivity contribution < 1.29 is 80.2 Å². The van der Waals surface area contributed by atoms with Crippen LogP contribution in [0.2, 0.25) is 0 Å². The third-order valence-electron chi connectivity index (χ3n) is 16.2. The summed E-state index contributed by atoms with van der Waals surface area (Å²) < 4.78 is 68.5. The summed E-state index contributed by atoms with van der Waals surface area (Å²) in [5.74, 6) is -2.55. The zero-order chi connectivity index (χ0) is 84.5. The first-order valence-electron chi connectivity index (χ1n) is 42.6. The summed E-state index contributed by atoms with van der Waals surface area (Å²) in [6.45, 7) is 4.16. The summed E-state index contributed by atoms with van der Waals surface area (Å²) in [4.78, 5) is 73.2. The highest BCUT2D eigenvalue weighted by molar-refractivity contribution is 7.47. The molecule has 0 amide bonds. The lowest BCUT2D eigenvalue weighted by Crippen LogP contribution is -2.30. The van der Waals surface area contributed by atoms with Crippen LogP contribution in [0, 0.1) is 0 Å². The van der Waals surface area contributed by atoms with Gasteiger partial charge in [-0.3, -0.25) is 37.3 Å². The molecule has 2 unspecified atom stereocenters. The van der Waals surface area contributed by atoms with Crippen molar-refractivity contribution in [3.8, 4) is 0 Å². The molecule has 0 fully saturated rings. The van der Waals surface area contributed by atoms with Crippen LogP contribution in [0.1, 0.15) is 259 Å². The third kappa shape index (κ3) is 84.3. The van der Waals surface area contributed by atoms with Gasteiger partial charge in [-0.05, 0) is 186 Å². The Morgan fingerprint density at radius 2 is 0.466 bits per heavy atom. The van der Waals surface area contributed by atoms with E-state index in [1.54, 1.807) is 0 Å². The molecule has 646 valence electrons. The molecule has 0 aromatic rings. The van der Waals surface area contributed by atoms with E-state index in [-0.39, 0.29) is 25.7 Å². The maximum absolute atomic E-state index is 13.1. The van der Waals surface area contributed by atoms with Gasteiger partial charge in [0.25, 0.3) is 0 Å². The molecule has 17 nitrogen and oxygen atoms in total. The smallest absolute Gasteiger partial charge is 0.462 e. The lowest BCUT2D eigenvalue weighted by Gasteiger charge is -2.21. The number of phosphoric ester groups is 2. The molecule has 3 N–H and O–H groups in total. The quantitative estimate of drug-likeness (QED) is 0.0169. The highest BCUT2D eigenvalue weighted by atomic mass is 31.2. The van der Waals surface area contributed by atoms with Gasteiger partial charge in [-0.1, -0.05) is 314 Å². The van der Waals surface area contributed by atoms with Crippen molar-refractivity contribution in [1.82, 2.24) is 0 Å². The summed E-state index contributed by atoms with van der Waals surface area (Å²) >= 11 is 0. The van der Waals surface area contributed by atoms with E-state index in [9.17, 15) is 43.2 Å². The van der Waals surface area contributed by atoms with Crippen molar-refractivity contribution in [2.75, 3.05) is 39.6 Å². The third-order valence-corrected chi connectivity index (χ3v) is 18.1. The maximum atomic E-state index is 13.1. The van der Waals surface area contributed by atoms with Crippen LogP contribution >= 0.6 is 15.6 Å². The number of aliphatic hydroxyl groups excluding tert-OH is 1. The first-order chi connectivity index (χ1) is 56.7. The second kappa shape index (κ2) is 85.2. The van der Waals surface area contributed by atoms with Gasteiger partial charge in [-0.2, -0.15) is 0 Å². The van der Waals surface area contributed by atoms with Gasteiger partial charge in [0.2, 0.25) is 0 Å². The van der Waals surface area contributed by atoms with Crippen LogP contribution < -0.4 is 0 Å². The van der Waals surface area contributed by atoms with Crippen molar-refractivity contribution in [2.24, 2.45) is 0 Å².